The average Bonchev–Trinajstić information content (AvgIpc) is 2.69. The van der Waals surface area contributed by atoms with Crippen molar-refractivity contribution in [1.82, 2.24) is 5.32 Å². The Morgan fingerprint density at radius 2 is 2.00 bits per heavy atom. The first kappa shape index (κ1) is 17.8. The van der Waals surface area contributed by atoms with Crippen molar-refractivity contribution in [3.05, 3.63) is 84.2 Å². The molecule has 0 saturated heterocycles. The lowest BCUT2D eigenvalue weighted by molar-refractivity contribution is 0.159. The molecule has 2 aliphatic rings. The molecule has 0 amide bonds. The molecule has 1 N–H and O–H groups in total. The predicted octanol–water partition coefficient (Wildman–Crippen LogP) is 5.34. The molecule has 2 nitrogen and oxygen atoms in total. The van der Waals surface area contributed by atoms with E-state index < -0.39 is 0 Å². The van der Waals surface area contributed by atoms with Crippen LogP contribution in [0.15, 0.2) is 78.6 Å². The molecule has 0 bridgehead atoms. The van der Waals surface area contributed by atoms with Crippen LogP contribution in [-0.4, -0.2) is 13.2 Å². The van der Waals surface area contributed by atoms with Crippen LogP contribution in [0.1, 0.15) is 37.8 Å². The SMILES string of the molecule is CC(CNC(c1ccccc1)[C@H]1C=CC=CC1)COC1=CC=CCC1. The van der Waals surface area contributed by atoms with Crippen LogP contribution in [0, 0.1) is 11.8 Å². The van der Waals surface area contributed by atoms with Gasteiger partial charge in [-0.25, -0.2) is 0 Å². The molecule has 2 aliphatic carbocycles. The number of ether oxygens (including phenoxy) is 1. The van der Waals surface area contributed by atoms with Crippen LogP contribution in [0.25, 0.3) is 0 Å². The van der Waals surface area contributed by atoms with E-state index in [-0.39, 0.29) is 0 Å². The molecule has 3 atom stereocenters. The van der Waals surface area contributed by atoms with Gasteiger partial charge in [0, 0.05) is 30.8 Å². The van der Waals surface area contributed by atoms with E-state index in [0.717, 1.165) is 38.2 Å². The zero-order chi connectivity index (χ0) is 17.3. The van der Waals surface area contributed by atoms with Crippen molar-refractivity contribution in [2.24, 2.45) is 11.8 Å². The maximum absolute atomic E-state index is 5.97. The molecule has 0 saturated carbocycles. The monoisotopic (exact) mass is 335 g/mol. The molecular formula is C23H29NO. The summed E-state index contributed by atoms with van der Waals surface area (Å²) >= 11 is 0. The standard InChI is InChI=1S/C23H29NO/c1-19(18-25-22-15-9-4-10-16-22)17-24-23(20-11-5-2-6-12-20)21-13-7-3-8-14-21/h2-9,11-13,15,19,21,23-24H,10,14,16-18H2,1H3/t19?,21-,23?/m0/s1. The Balaban J connectivity index is 1.54. The van der Waals surface area contributed by atoms with Crippen molar-refractivity contribution in [2.45, 2.75) is 32.2 Å². The Labute approximate surface area is 152 Å². The lowest BCUT2D eigenvalue weighted by Crippen LogP contribution is -2.32. The molecule has 2 heteroatoms. The normalized spacial score (nSPS) is 21.6. The van der Waals surface area contributed by atoms with Gasteiger partial charge in [-0.05, 0) is 24.5 Å². The Bertz CT molecular complexity index is 641. The number of hydrogen-bond donors (Lipinski definition) is 1. The molecule has 3 rings (SSSR count). The van der Waals surface area contributed by atoms with E-state index in [0.29, 0.717) is 17.9 Å². The molecule has 132 valence electrons. The van der Waals surface area contributed by atoms with E-state index in [1.54, 1.807) is 0 Å². The molecule has 2 unspecified atom stereocenters. The minimum atomic E-state index is 0.349. The zero-order valence-electron chi connectivity index (χ0n) is 15.1. The number of nitrogens with one attached hydrogen (secondary N) is 1. The fraction of sp³-hybridized carbons (Fsp3) is 0.391. The Morgan fingerprint density at radius 3 is 2.72 bits per heavy atom. The minimum absolute atomic E-state index is 0.349. The highest BCUT2D eigenvalue weighted by molar-refractivity contribution is 5.24. The van der Waals surface area contributed by atoms with Crippen LogP contribution in [0.2, 0.25) is 0 Å². The predicted molar refractivity (Wildman–Crippen MR) is 105 cm³/mol. The summed E-state index contributed by atoms with van der Waals surface area (Å²) in [5.41, 5.74) is 1.36. The fourth-order valence-electron chi connectivity index (χ4n) is 3.36. The van der Waals surface area contributed by atoms with Crippen LogP contribution in [0.4, 0.5) is 0 Å². The first-order chi connectivity index (χ1) is 12.3. The van der Waals surface area contributed by atoms with Crippen molar-refractivity contribution >= 4 is 0 Å². The van der Waals surface area contributed by atoms with E-state index in [1.807, 2.05) is 0 Å². The van der Waals surface area contributed by atoms with Crippen molar-refractivity contribution in [1.29, 1.82) is 0 Å². The smallest absolute Gasteiger partial charge is 0.0962 e. The van der Waals surface area contributed by atoms with Gasteiger partial charge in [-0.1, -0.05) is 73.7 Å². The van der Waals surface area contributed by atoms with Crippen molar-refractivity contribution in [2.75, 3.05) is 13.2 Å². The molecule has 0 spiro atoms. The summed E-state index contributed by atoms with van der Waals surface area (Å²) in [6.45, 7) is 3.98. The van der Waals surface area contributed by atoms with Crippen LogP contribution >= 0.6 is 0 Å². The summed E-state index contributed by atoms with van der Waals surface area (Å²) in [5, 5.41) is 3.79. The molecule has 25 heavy (non-hydrogen) atoms. The Hall–Kier alpha value is -2.06. The van der Waals surface area contributed by atoms with Crippen molar-refractivity contribution in [3.63, 3.8) is 0 Å². The van der Waals surface area contributed by atoms with E-state index >= 15 is 0 Å². The van der Waals surface area contributed by atoms with E-state index in [9.17, 15) is 0 Å². The lowest BCUT2D eigenvalue weighted by Gasteiger charge is -2.28. The van der Waals surface area contributed by atoms with Gasteiger partial charge in [0.1, 0.15) is 0 Å². The summed E-state index contributed by atoms with van der Waals surface area (Å²) in [4.78, 5) is 0. The van der Waals surface area contributed by atoms with Gasteiger partial charge in [0.2, 0.25) is 0 Å². The molecule has 0 aromatic heterocycles. The Kier molecular flexibility index (Phi) is 6.70. The maximum Gasteiger partial charge on any atom is 0.0962 e. The number of benzene rings is 1. The third kappa shape index (κ3) is 5.47. The molecule has 0 aliphatic heterocycles. The highest BCUT2D eigenvalue weighted by Crippen LogP contribution is 2.28. The summed E-state index contributed by atoms with van der Waals surface area (Å²) in [5.74, 6) is 2.10. The molecule has 1 aromatic rings. The Morgan fingerprint density at radius 1 is 1.12 bits per heavy atom. The van der Waals surface area contributed by atoms with Gasteiger partial charge >= 0.3 is 0 Å². The van der Waals surface area contributed by atoms with Gasteiger partial charge in [0.15, 0.2) is 0 Å². The lowest BCUT2D eigenvalue weighted by atomic mass is 9.87. The largest absolute Gasteiger partial charge is 0.498 e. The van der Waals surface area contributed by atoms with Gasteiger partial charge in [-0.2, -0.15) is 0 Å². The summed E-state index contributed by atoms with van der Waals surface area (Å²) in [6, 6.07) is 11.1. The highest BCUT2D eigenvalue weighted by atomic mass is 16.5. The van der Waals surface area contributed by atoms with E-state index in [2.05, 4.69) is 85.1 Å². The topological polar surface area (TPSA) is 21.3 Å². The van der Waals surface area contributed by atoms with Crippen LogP contribution in [0.5, 0.6) is 0 Å². The van der Waals surface area contributed by atoms with Gasteiger partial charge in [-0.3, -0.25) is 0 Å². The number of hydrogen-bond acceptors (Lipinski definition) is 2. The average molecular weight is 335 g/mol. The van der Waals surface area contributed by atoms with Crippen LogP contribution < -0.4 is 5.32 Å². The van der Waals surface area contributed by atoms with Crippen molar-refractivity contribution < 1.29 is 4.74 Å². The summed E-state index contributed by atoms with van der Waals surface area (Å²) in [6.07, 6.45) is 18.5. The van der Waals surface area contributed by atoms with E-state index in [4.69, 9.17) is 4.74 Å². The fourth-order valence-corrected chi connectivity index (χ4v) is 3.36. The minimum Gasteiger partial charge on any atom is -0.498 e. The molecule has 1 aromatic carbocycles. The molecule has 0 heterocycles. The van der Waals surface area contributed by atoms with Crippen LogP contribution in [0.3, 0.4) is 0 Å². The number of rotatable bonds is 8. The first-order valence-electron chi connectivity index (χ1n) is 9.43. The highest BCUT2D eigenvalue weighted by Gasteiger charge is 2.21. The van der Waals surface area contributed by atoms with Gasteiger partial charge in [-0.15, -0.1) is 0 Å². The second kappa shape index (κ2) is 9.43. The van der Waals surface area contributed by atoms with E-state index in [1.165, 1.54) is 5.56 Å². The number of allylic oxidation sites excluding steroid dienone is 7. The zero-order valence-corrected chi connectivity index (χ0v) is 15.1. The van der Waals surface area contributed by atoms with Gasteiger partial charge in [0.05, 0.1) is 12.4 Å². The third-order valence-corrected chi connectivity index (χ3v) is 4.82. The third-order valence-electron chi connectivity index (χ3n) is 4.82. The quantitative estimate of drug-likeness (QED) is 0.693. The van der Waals surface area contributed by atoms with Gasteiger partial charge < -0.3 is 10.1 Å². The molecular weight excluding hydrogens is 306 g/mol. The maximum atomic E-state index is 5.97. The van der Waals surface area contributed by atoms with Gasteiger partial charge in [0.25, 0.3) is 0 Å². The summed E-state index contributed by atoms with van der Waals surface area (Å²) < 4.78 is 5.97. The summed E-state index contributed by atoms with van der Waals surface area (Å²) in [7, 11) is 0. The van der Waals surface area contributed by atoms with Crippen LogP contribution in [-0.2, 0) is 4.74 Å². The molecule has 0 fully saturated rings. The second-order valence-corrected chi connectivity index (χ2v) is 7.03. The first-order valence-corrected chi connectivity index (χ1v) is 9.43. The molecule has 0 radical (unpaired) electrons. The van der Waals surface area contributed by atoms with Crippen molar-refractivity contribution in [3.8, 4) is 0 Å². The second-order valence-electron chi connectivity index (χ2n) is 7.03.